The van der Waals surface area contributed by atoms with Crippen LogP contribution in [0.4, 0.5) is 0 Å². The van der Waals surface area contributed by atoms with Crippen LogP contribution in [0.25, 0.3) is 0 Å². The third-order valence-electron chi connectivity index (χ3n) is 1.90. The second kappa shape index (κ2) is 4.61. The normalized spacial score (nSPS) is 14.6. The Hall–Kier alpha value is -1.11. The van der Waals surface area contributed by atoms with Gasteiger partial charge in [0.1, 0.15) is 11.9 Å². The summed E-state index contributed by atoms with van der Waals surface area (Å²) in [5, 5.41) is 27.9. The highest BCUT2D eigenvalue weighted by Crippen LogP contribution is 2.28. The Morgan fingerprint density at radius 1 is 1.40 bits per heavy atom. The summed E-state index contributed by atoms with van der Waals surface area (Å²) in [6.07, 6.45) is -3.07. The average Bonchev–Trinajstić information content (AvgIpc) is 2.19. The number of benzene rings is 1. The zero-order valence-corrected chi connectivity index (χ0v) is 9.18. The molecule has 6 heteroatoms. The van der Waals surface area contributed by atoms with Crippen LogP contribution in [0.5, 0.6) is 5.75 Å². The van der Waals surface area contributed by atoms with Gasteiger partial charge in [-0.1, -0.05) is 6.07 Å². The maximum Gasteiger partial charge on any atom is 0.249 e. The number of carbonyl (C=O) groups excluding carboxylic acids is 1. The quantitative estimate of drug-likeness (QED) is 0.625. The summed E-state index contributed by atoms with van der Waals surface area (Å²) < 4.78 is 0.357. The Bertz CT molecular complexity index is 382. The third-order valence-corrected chi connectivity index (χ3v) is 2.54. The summed E-state index contributed by atoms with van der Waals surface area (Å²) in [6.45, 7) is 0. The van der Waals surface area contributed by atoms with E-state index in [4.69, 9.17) is 5.73 Å². The van der Waals surface area contributed by atoms with Gasteiger partial charge in [-0.05, 0) is 33.6 Å². The van der Waals surface area contributed by atoms with Crippen LogP contribution in [0.2, 0.25) is 0 Å². The van der Waals surface area contributed by atoms with Gasteiger partial charge in [-0.15, -0.1) is 0 Å². The summed E-state index contributed by atoms with van der Waals surface area (Å²) in [4.78, 5) is 10.6. The molecule has 0 aliphatic carbocycles. The molecule has 82 valence electrons. The SMILES string of the molecule is NC(=O)C(O)C(O)c1ccc(O)c(Br)c1. The van der Waals surface area contributed by atoms with Crippen LogP contribution >= 0.6 is 15.9 Å². The van der Waals surface area contributed by atoms with Crippen molar-refractivity contribution in [3.8, 4) is 5.75 Å². The number of aliphatic hydroxyl groups is 2. The molecule has 1 aromatic rings. The van der Waals surface area contributed by atoms with Gasteiger partial charge in [0.15, 0.2) is 6.10 Å². The van der Waals surface area contributed by atoms with Crippen molar-refractivity contribution in [2.45, 2.75) is 12.2 Å². The predicted molar refractivity (Wildman–Crippen MR) is 56.0 cm³/mol. The van der Waals surface area contributed by atoms with Crippen molar-refractivity contribution in [2.75, 3.05) is 0 Å². The van der Waals surface area contributed by atoms with E-state index in [1.807, 2.05) is 0 Å². The highest BCUT2D eigenvalue weighted by Gasteiger charge is 2.23. The second-order valence-corrected chi connectivity index (χ2v) is 3.86. The molecule has 5 nitrogen and oxygen atoms in total. The van der Waals surface area contributed by atoms with E-state index in [-0.39, 0.29) is 11.3 Å². The largest absolute Gasteiger partial charge is 0.507 e. The summed E-state index contributed by atoms with van der Waals surface area (Å²) in [5.41, 5.74) is 5.12. The minimum absolute atomic E-state index is 0.000449. The van der Waals surface area contributed by atoms with E-state index < -0.39 is 18.1 Å². The average molecular weight is 276 g/mol. The topological polar surface area (TPSA) is 104 Å². The van der Waals surface area contributed by atoms with Gasteiger partial charge < -0.3 is 21.1 Å². The first-order chi connectivity index (χ1) is 6.93. The van der Waals surface area contributed by atoms with Crippen LogP contribution in [0.15, 0.2) is 22.7 Å². The van der Waals surface area contributed by atoms with Gasteiger partial charge in [0, 0.05) is 0 Å². The molecule has 0 fully saturated rings. The maximum absolute atomic E-state index is 10.6. The Labute approximate surface area is 94.3 Å². The van der Waals surface area contributed by atoms with Gasteiger partial charge in [0.25, 0.3) is 0 Å². The van der Waals surface area contributed by atoms with E-state index in [9.17, 15) is 20.1 Å². The molecule has 1 rings (SSSR count). The minimum atomic E-state index is -1.67. The molecule has 0 heterocycles. The third kappa shape index (κ3) is 2.68. The van der Waals surface area contributed by atoms with Crippen molar-refractivity contribution in [2.24, 2.45) is 5.73 Å². The standard InChI is InChI=1S/C9H10BrNO4/c10-5-3-4(1-2-6(5)12)7(13)8(14)9(11)15/h1-3,7-8,12-14H,(H2,11,15). The minimum Gasteiger partial charge on any atom is -0.507 e. The molecule has 0 spiro atoms. The highest BCUT2D eigenvalue weighted by molar-refractivity contribution is 9.10. The van der Waals surface area contributed by atoms with Gasteiger partial charge in [-0.25, -0.2) is 0 Å². The number of halogens is 1. The van der Waals surface area contributed by atoms with E-state index >= 15 is 0 Å². The number of phenols is 1. The van der Waals surface area contributed by atoms with E-state index in [0.29, 0.717) is 4.47 Å². The first kappa shape index (κ1) is 12.0. The zero-order valence-electron chi connectivity index (χ0n) is 7.59. The van der Waals surface area contributed by atoms with Crippen molar-refractivity contribution >= 4 is 21.8 Å². The van der Waals surface area contributed by atoms with Crippen LogP contribution in [-0.2, 0) is 4.79 Å². The highest BCUT2D eigenvalue weighted by atomic mass is 79.9. The molecule has 0 aliphatic heterocycles. The molecular weight excluding hydrogens is 266 g/mol. The maximum atomic E-state index is 10.6. The number of phenolic OH excluding ortho intramolecular Hbond substituents is 1. The van der Waals surface area contributed by atoms with Gasteiger partial charge in [0.05, 0.1) is 4.47 Å². The second-order valence-electron chi connectivity index (χ2n) is 3.00. The van der Waals surface area contributed by atoms with E-state index in [2.05, 4.69) is 15.9 Å². The Morgan fingerprint density at radius 3 is 2.47 bits per heavy atom. The molecule has 0 saturated carbocycles. The molecule has 5 N–H and O–H groups in total. The van der Waals surface area contributed by atoms with E-state index in [0.717, 1.165) is 0 Å². The molecule has 1 aromatic carbocycles. The van der Waals surface area contributed by atoms with Gasteiger partial charge in [-0.2, -0.15) is 0 Å². The van der Waals surface area contributed by atoms with E-state index in [1.165, 1.54) is 18.2 Å². The number of hydrogen-bond acceptors (Lipinski definition) is 4. The molecule has 0 aliphatic rings. The van der Waals surface area contributed by atoms with Crippen LogP contribution in [0, 0.1) is 0 Å². The van der Waals surface area contributed by atoms with Crippen molar-refractivity contribution in [1.82, 2.24) is 0 Å². The van der Waals surface area contributed by atoms with Crippen molar-refractivity contribution in [3.63, 3.8) is 0 Å². The predicted octanol–water partition coefficient (Wildman–Crippen LogP) is 0.0343. The molecule has 15 heavy (non-hydrogen) atoms. The lowest BCUT2D eigenvalue weighted by Gasteiger charge is -2.15. The Balaban J connectivity index is 2.96. The summed E-state index contributed by atoms with van der Waals surface area (Å²) in [7, 11) is 0. The molecule has 2 atom stereocenters. The fourth-order valence-corrected chi connectivity index (χ4v) is 1.44. The number of carbonyl (C=O) groups is 1. The fourth-order valence-electron chi connectivity index (χ4n) is 1.05. The van der Waals surface area contributed by atoms with Crippen LogP contribution in [0.1, 0.15) is 11.7 Å². The van der Waals surface area contributed by atoms with Gasteiger partial charge in [-0.3, -0.25) is 4.79 Å². The number of primary amides is 1. The molecule has 2 unspecified atom stereocenters. The first-order valence-electron chi connectivity index (χ1n) is 4.07. The monoisotopic (exact) mass is 275 g/mol. The van der Waals surface area contributed by atoms with Gasteiger partial charge >= 0.3 is 0 Å². The van der Waals surface area contributed by atoms with Crippen molar-refractivity contribution in [1.29, 1.82) is 0 Å². The number of amides is 1. The van der Waals surface area contributed by atoms with Crippen molar-refractivity contribution in [3.05, 3.63) is 28.2 Å². The molecule has 0 bridgehead atoms. The molecule has 0 saturated heterocycles. The molecule has 0 radical (unpaired) electrons. The summed E-state index contributed by atoms with van der Waals surface area (Å²) in [6, 6.07) is 4.11. The summed E-state index contributed by atoms with van der Waals surface area (Å²) >= 11 is 3.04. The van der Waals surface area contributed by atoms with Gasteiger partial charge in [0.2, 0.25) is 5.91 Å². The number of aliphatic hydroxyl groups excluding tert-OH is 2. The molecule has 0 aromatic heterocycles. The Morgan fingerprint density at radius 2 is 2.00 bits per heavy atom. The van der Waals surface area contributed by atoms with Crippen LogP contribution < -0.4 is 5.73 Å². The number of hydrogen-bond donors (Lipinski definition) is 4. The molecule has 1 amide bonds. The number of nitrogens with two attached hydrogens (primary N) is 1. The van der Waals surface area contributed by atoms with Crippen LogP contribution in [-0.4, -0.2) is 27.3 Å². The lowest BCUT2D eigenvalue weighted by molar-refractivity contribution is -0.131. The summed E-state index contributed by atoms with van der Waals surface area (Å²) in [5.74, 6) is -1.01. The zero-order chi connectivity index (χ0) is 11.6. The van der Waals surface area contributed by atoms with Crippen LogP contribution in [0.3, 0.4) is 0 Å². The Kier molecular flexibility index (Phi) is 3.67. The molecular formula is C9H10BrNO4. The number of rotatable bonds is 3. The smallest absolute Gasteiger partial charge is 0.249 e. The lowest BCUT2D eigenvalue weighted by Crippen LogP contribution is -2.33. The lowest BCUT2D eigenvalue weighted by atomic mass is 10.0. The fraction of sp³-hybridized carbons (Fsp3) is 0.222. The van der Waals surface area contributed by atoms with E-state index in [1.54, 1.807) is 0 Å². The first-order valence-corrected chi connectivity index (χ1v) is 4.86. The number of aromatic hydroxyl groups is 1. The van der Waals surface area contributed by atoms with Crippen molar-refractivity contribution < 1.29 is 20.1 Å².